The average molecular weight is 237 g/mol. The first-order chi connectivity index (χ1) is 7.40. The molecule has 0 amide bonds. The van der Waals surface area contributed by atoms with Crippen molar-refractivity contribution in [2.45, 2.75) is 40.2 Å². The van der Waals surface area contributed by atoms with Gasteiger partial charge in [-0.15, -0.1) is 0 Å². The number of nitrogens with two attached hydrogens (primary N) is 1. The predicted octanol–water partition coefficient (Wildman–Crippen LogP) is 3.06. The minimum Gasteiger partial charge on any atom is -0.490 e. The lowest BCUT2D eigenvalue weighted by Gasteiger charge is -2.17. The van der Waals surface area contributed by atoms with Gasteiger partial charge in [0.2, 0.25) is 0 Å². The molecule has 88 valence electrons. The summed E-state index contributed by atoms with van der Waals surface area (Å²) in [4.78, 5) is 0.494. The maximum absolute atomic E-state index is 5.82. The van der Waals surface area contributed by atoms with Crippen LogP contribution in [0, 0.1) is 20.8 Å². The summed E-state index contributed by atoms with van der Waals surface area (Å²) in [5.41, 5.74) is 9.16. The predicted molar refractivity (Wildman–Crippen MR) is 72.1 cm³/mol. The summed E-state index contributed by atoms with van der Waals surface area (Å²) in [5, 5.41) is 0. The third kappa shape index (κ3) is 3.49. The fourth-order valence-electron chi connectivity index (χ4n) is 1.60. The molecule has 2 N–H and O–H groups in total. The maximum Gasteiger partial charge on any atom is 0.122 e. The molecular weight excluding hydrogens is 218 g/mol. The second kappa shape index (κ2) is 5.30. The molecule has 0 aliphatic heterocycles. The summed E-state index contributed by atoms with van der Waals surface area (Å²) in [7, 11) is 0. The second-order valence-corrected chi connectivity index (χ2v) is 4.83. The van der Waals surface area contributed by atoms with Crippen LogP contribution in [0.3, 0.4) is 0 Å². The van der Waals surface area contributed by atoms with Crippen LogP contribution in [0.4, 0.5) is 0 Å². The number of benzene rings is 1. The molecular formula is C13H19NOS. The van der Waals surface area contributed by atoms with Crippen LogP contribution in [-0.2, 0) is 0 Å². The Kier molecular flexibility index (Phi) is 4.30. The van der Waals surface area contributed by atoms with Gasteiger partial charge in [0.25, 0.3) is 0 Å². The maximum atomic E-state index is 5.82. The van der Waals surface area contributed by atoms with Crippen LogP contribution in [0.2, 0.25) is 0 Å². The molecule has 0 heterocycles. The van der Waals surface area contributed by atoms with Crippen LogP contribution in [0.25, 0.3) is 0 Å². The van der Waals surface area contributed by atoms with E-state index >= 15 is 0 Å². The van der Waals surface area contributed by atoms with E-state index in [1.54, 1.807) is 0 Å². The molecule has 0 radical (unpaired) electrons. The lowest BCUT2D eigenvalue weighted by Crippen LogP contribution is -2.21. The third-order valence-corrected chi connectivity index (χ3v) is 2.77. The van der Waals surface area contributed by atoms with Gasteiger partial charge in [0.15, 0.2) is 0 Å². The summed E-state index contributed by atoms with van der Waals surface area (Å²) in [5.74, 6) is 0.923. The largest absolute Gasteiger partial charge is 0.490 e. The molecule has 1 atom stereocenters. The quantitative estimate of drug-likeness (QED) is 0.817. The molecule has 1 rings (SSSR count). The first-order valence-corrected chi connectivity index (χ1v) is 5.83. The number of aryl methyl sites for hydroxylation is 3. The Labute approximate surface area is 103 Å². The molecule has 1 unspecified atom stereocenters. The third-order valence-electron chi connectivity index (χ3n) is 2.61. The van der Waals surface area contributed by atoms with Crippen LogP contribution >= 0.6 is 12.2 Å². The Balaban J connectivity index is 2.81. The number of ether oxygens (including phenoxy) is 1. The SMILES string of the molecule is Cc1cc(C)c(OC(C)CC(N)=S)cc1C. The number of thiocarbonyl (C=S) groups is 1. The van der Waals surface area contributed by atoms with Crippen molar-refractivity contribution in [3.8, 4) is 5.75 Å². The molecule has 2 nitrogen and oxygen atoms in total. The van der Waals surface area contributed by atoms with Gasteiger partial charge in [-0.2, -0.15) is 0 Å². The molecule has 0 saturated carbocycles. The monoisotopic (exact) mass is 237 g/mol. The minimum absolute atomic E-state index is 0.0262. The van der Waals surface area contributed by atoms with Crippen molar-refractivity contribution in [2.75, 3.05) is 0 Å². The summed E-state index contributed by atoms with van der Waals surface area (Å²) < 4.78 is 5.82. The zero-order valence-electron chi connectivity index (χ0n) is 10.3. The Morgan fingerprint density at radius 2 is 1.81 bits per heavy atom. The number of hydrogen-bond donors (Lipinski definition) is 1. The molecule has 0 aliphatic rings. The van der Waals surface area contributed by atoms with Crippen LogP contribution in [0.1, 0.15) is 30.0 Å². The topological polar surface area (TPSA) is 35.2 Å². The first-order valence-electron chi connectivity index (χ1n) is 5.43. The molecule has 0 bridgehead atoms. The van der Waals surface area contributed by atoms with Gasteiger partial charge >= 0.3 is 0 Å². The normalized spacial score (nSPS) is 12.2. The van der Waals surface area contributed by atoms with Gasteiger partial charge in [-0.1, -0.05) is 18.3 Å². The van der Waals surface area contributed by atoms with Gasteiger partial charge in [0.05, 0.1) is 4.99 Å². The second-order valence-electron chi connectivity index (χ2n) is 4.30. The van der Waals surface area contributed by atoms with Crippen LogP contribution < -0.4 is 10.5 Å². The van der Waals surface area contributed by atoms with Gasteiger partial charge in [0.1, 0.15) is 11.9 Å². The summed E-state index contributed by atoms with van der Waals surface area (Å²) >= 11 is 4.87. The standard InChI is InChI=1S/C13H19NOS/c1-8-5-10(3)12(6-9(8)2)15-11(4)7-13(14)16/h5-6,11H,7H2,1-4H3,(H2,14,16). The highest BCUT2D eigenvalue weighted by Crippen LogP contribution is 2.23. The van der Waals surface area contributed by atoms with Crippen molar-refractivity contribution < 1.29 is 4.74 Å². The van der Waals surface area contributed by atoms with Gasteiger partial charge in [-0.05, 0) is 50.5 Å². The van der Waals surface area contributed by atoms with E-state index < -0.39 is 0 Å². The van der Waals surface area contributed by atoms with E-state index in [0.717, 1.165) is 11.3 Å². The Hall–Kier alpha value is -1.09. The highest BCUT2D eigenvalue weighted by Gasteiger charge is 2.08. The van der Waals surface area contributed by atoms with Crippen molar-refractivity contribution >= 4 is 17.2 Å². The van der Waals surface area contributed by atoms with E-state index in [2.05, 4.69) is 32.9 Å². The van der Waals surface area contributed by atoms with Crippen molar-refractivity contribution in [2.24, 2.45) is 5.73 Å². The van der Waals surface area contributed by atoms with Crippen LogP contribution in [0.15, 0.2) is 12.1 Å². The molecule has 0 aliphatic carbocycles. The lowest BCUT2D eigenvalue weighted by atomic mass is 10.1. The fourth-order valence-corrected chi connectivity index (χ4v) is 1.84. The van der Waals surface area contributed by atoms with Crippen molar-refractivity contribution in [1.82, 2.24) is 0 Å². The Morgan fingerprint density at radius 1 is 1.25 bits per heavy atom. The summed E-state index contributed by atoms with van der Waals surface area (Å²) in [6.07, 6.45) is 0.639. The average Bonchev–Trinajstić information content (AvgIpc) is 2.12. The van der Waals surface area contributed by atoms with E-state index in [9.17, 15) is 0 Å². The molecule has 0 aromatic heterocycles. The van der Waals surface area contributed by atoms with Gasteiger partial charge in [0, 0.05) is 6.42 Å². The smallest absolute Gasteiger partial charge is 0.122 e. The van der Waals surface area contributed by atoms with Gasteiger partial charge < -0.3 is 10.5 Å². The molecule has 1 aromatic rings. The van der Waals surface area contributed by atoms with E-state index in [0.29, 0.717) is 11.4 Å². The van der Waals surface area contributed by atoms with Crippen LogP contribution in [-0.4, -0.2) is 11.1 Å². The van der Waals surface area contributed by atoms with Crippen molar-refractivity contribution in [3.63, 3.8) is 0 Å². The van der Waals surface area contributed by atoms with Crippen LogP contribution in [0.5, 0.6) is 5.75 Å². The minimum atomic E-state index is 0.0262. The summed E-state index contributed by atoms with van der Waals surface area (Å²) in [6.45, 7) is 8.22. The van der Waals surface area contributed by atoms with E-state index in [4.69, 9.17) is 22.7 Å². The number of rotatable bonds is 4. The Morgan fingerprint density at radius 3 is 2.38 bits per heavy atom. The lowest BCUT2D eigenvalue weighted by molar-refractivity contribution is 0.228. The van der Waals surface area contributed by atoms with Crippen molar-refractivity contribution in [3.05, 3.63) is 28.8 Å². The molecule has 1 aromatic carbocycles. The molecule has 16 heavy (non-hydrogen) atoms. The molecule has 3 heteroatoms. The summed E-state index contributed by atoms with van der Waals surface area (Å²) in [6, 6.07) is 4.21. The van der Waals surface area contributed by atoms with E-state index in [1.165, 1.54) is 11.1 Å². The first kappa shape index (κ1) is 13.0. The highest BCUT2D eigenvalue weighted by molar-refractivity contribution is 7.80. The Bertz CT molecular complexity index is 401. The zero-order valence-corrected chi connectivity index (χ0v) is 11.1. The van der Waals surface area contributed by atoms with E-state index in [-0.39, 0.29) is 6.10 Å². The fraction of sp³-hybridized carbons (Fsp3) is 0.462. The van der Waals surface area contributed by atoms with Gasteiger partial charge in [-0.25, -0.2) is 0 Å². The highest BCUT2D eigenvalue weighted by atomic mass is 32.1. The van der Waals surface area contributed by atoms with Gasteiger partial charge in [-0.3, -0.25) is 0 Å². The number of hydrogen-bond acceptors (Lipinski definition) is 2. The molecule has 0 spiro atoms. The van der Waals surface area contributed by atoms with E-state index in [1.807, 2.05) is 6.92 Å². The zero-order chi connectivity index (χ0) is 12.3. The van der Waals surface area contributed by atoms with Crippen molar-refractivity contribution in [1.29, 1.82) is 0 Å². The molecule has 0 fully saturated rings. The molecule has 0 saturated heterocycles.